The zero-order chi connectivity index (χ0) is 21.7. The molecule has 2 aromatic carbocycles. The molecule has 4 aromatic rings. The number of H-pyrrole nitrogens is 1. The summed E-state index contributed by atoms with van der Waals surface area (Å²) in [6.07, 6.45) is 0.866. The maximum absolute atomic E-state index is 12.8. The Kier molecular flexibility index (Phi) is 4.13. The topological polar surface area (TPSA) is 131 Å². The molecule has 0 amide bonds. The van der Waals surface area contributed by atoms with Gasteiger partial charge in [-0.15, -0.1) is 0 Å². The summed E-state index contributed by atoms with van der Waals surface area (Å²) >= 11 is 0. The molecule has 0 unspecified atom stereocenters. The van der Waals surface area contributed by atoms with E-state index in [1.54, 1.807) is 24.3 Å². The number of hydrogen-bond acceptors (Lipinski definition) is 9. The van der Waals surface area contributed by atoms with E-state index in [-0.39, 0.29) is 20.1 Å². The molecule has 1 N–H and O–H groups in total. The van der Waals surface area contributed by atoms with Crippen molar-refractivity contribution >= 4 is 10.9 Å². The van der Waals surface area contributed by atoms with Crippen LogP contribution >= 0.6 is 0 Å². The van der Waals surface area contributed by atoms with Crippen molar-refractivity contribution in [1.29, 1.82) is 0 Å². The second-order valence-corrected chi connectivity index (χ2v) is 7.32. The van der Waals surface area contributed by atoms with Gasteiger partial charge in [0.05, 0.1) is 10.9 Å². The number of aromatic nitrogens is 4. The van der Waals surface area contributed by atoms with Gasteiger partial charge in [0.15, 0.2) is 23.0 Å². The number of aromatic amines is 1. The summed E-state index contributed by atoms with van der Waals surface area (Å²) in [6.45, 7) is 0.468. The lowest BCUT2D eigenvalue weighted by atomic mass is 10.2. The number of nitrogens with one attached hydrogen (secondary N) is 1. The molecular formula is C21H16N4O7. The average molecular weight is 436 g/mol. The number of nitrogens with zero attached hydrogens (tertiary/aromatic N) is 3. The lowest BCUT2D eigenvalue weighted by Crippen LogP contribution is -2.35. The Morgan fingerprint density at radius 3 is 2.53 bits per heavy atom. The van der Waals surface area contributed by atoms with Crippen LogP contribution in [-0.2, 0) is 13.0 Å². The van der Waals surface area contributed by atoms with Gasteiger partial charge in [-0.2, -0.15) is 4.98 Å². The van der Waals surface area contributed by atoms with Crippen LogP contribution in [0.3, 0.4) is 0 Å². The Morgan fingerprint density at radius 2 is 1.69 bits per heavy atom. The van der Waals surface area contributed by atoms with Gasteiger partial charge < -0.3 is 28.5 Å². The quantitative estimate of drug-likeness (QED) is 0.498. The zero-order valence-electron chi connectivity index (χ0n) is 16.6. The summed E-state index contributed by atoms with van der Waals surface area (Å²) in [5.74, 6) is 3.12. The largest absolute Gasteiger partial charge is 0.454 e. The van der Waals surface area contributed by atoms with Gasteiger partial charge in [0, 0.05) is 24.6 Å². The fourth-order valence-corrected chi connectivity index (χ4v) is 3.74. The van der Waals surface area contributed by atoms with E-state index in [9.17, 15) is 9.59 Å². The Morgan fingerprint density at radius 1 is 0.938 bits per heavy atom. The van der Waals surface area contributed by atoms with Crippen molar-refractivity contribution in [1.82, 2.24) is 19.7 Å². The Bertz CT molecular complexity index is 1470. The van der Waals surface area contributed by atoms with Crippen LogP contribution in [0.5, 0.6) is 23.0 Å². The smallest absolute Gasteiger partial charge is 0.328 e. The van der Waals surface area contributed by atoms with Gasteiger partial charge in [-0.3, -0.25) is 9.36 Å². The molecule has 0 saturated heterocycles. The van der Waals surface area contributed by atoms with Gasteiger partial charge in [0.1, 0.15) is 0 Å². The lowest BCUT2D eigenvalue weighted by Gasteiger charge is -2.06. The molecule has 11 nitrogen and oxygen atoms in total. The van der Waals surface area contributed by atoms with E-state index < -0.39 is 11.2 Å². The molecule has 32 heavy (non-hydrogen) atoms. The highest BCUT2D eigenvalue weighted by molar-refractivity contribution is 5.81. The van der Waals surface area contributed by atoms with Crippen LogP contribution < -0.4 is 30.2 Å². The minimum atomic E-state index is -0.493. The molecule has 0 spiro atoms. The molecule has 0 bridgehead atoms. The molecule has 0 saturated carbocycles. The van der Waals surface area contributed by atoms with Crippen molar-refractivity contribution in [3.63, 3.8) is 0 Å². The van der Waals surface area contributed by atoms with E-state index in [1.807, 2.05) is 6.07 Å². The van der Waals surface area contributed by atoms with Crippen LogP contribution in [0.1, 0.15) is 12.3 Å². The van der Waals surface area contributed by atoms with Crippen molar-refractivity contribution in [2.75, 3.05) is 13.6 Å². The fraction of sp³-hybridized carbons (Fsp3) is 0.238. The fourth-order valence-electron chi connectivity index (χ4n) is 3.74. The molecular weight excluding hydrogens is 420 g/mol. The third kappa shape index (κ3) is 3.06. The second kappa shape index (κ2) is 7.15. The molecule has 2 aliphatic rings. The van der Waals surface area contributed by atoms with E-state index in [1.165, 1.54) is 0 Å². The van der Waals surface area contributed by atoms with Gasteiger partial charge >= 0.3 is 5.69 Å². The van der Waals surface area contributed by atoms with Gasteiger partial charge in [-0.1, -0.05) is 5.16 Å². The van der Waals surface area contributed by atoms with Crippen LogP contribution in [-0.4, -0.2) is 33.3 Å². The number of hydrogen-bond donors (Lipinski definition) is 1. The van der Waals surface area contributed by atoms with Crippen LogP contribution in [0.15, 0.2) is 44.4 Å². The SMILES string of the molecule is O=c1[nH]c2cc3c(cc2c(=O)n1CCCc1nc(-c2ccc4c(c2)OCO4)no1)OCO3. The lowest BCUT2D eigenvalue weighted by molar-refractivity contribution is 0.173. The molecule has 2 aliphatic heterocycles. The summed E-state index contributed by atoms with van der Waals surface area (Å²) in [5.41, 5.74) is 0.262. The summed E-state index contributed by atoms with van der Waals surface area (Å²) in [5, 5.41) is 4.36. The van der Waals surface area contributed by atoms with Crippen LogP contribution in [0.2, 0.25) is 0 Å². The monoisotopic (exact) mass is 436 g/mol. The van der Waals surface area contributed by atoms with Gasteiger partial charge in [-0.25, -0.2) is 4.79 Å². The zero-order valence-corrected chi connectivity index (χ0v) is 16.6. The number of ether oxygens (including phenoxy) is 4. The van der Waals surface area contributed by atoms with Crippen LogP contribution in [0.25, 0.3) is 22.3 Å². The van der Waals surface area contributed by atoms with Gasteiger partial charge in [-0.05, 0) is 30.7 Å². The van der Waals surface area contributed by atoms with Crippen molar-refractivity contribution in [2.45, 2.75) is 19.4 Å². The normalized spacial score (nSPS) is 13.8. The van der Waals surface area contributed by atoms with Crippen LogP contribution in [0, 0.1) is 0 Å². The number of aryl methyl sites for hydroxylation is 1. The van der Waals surface area contributed by atoms with Gasteiger partial charge in [0.25, 0.3) is 5.56 Å². The highest BCUT2D eigenvalue weighted by atomic mass is 16.7. The molecule has 0 aliphatic carbocycles. The first-order chi connectivity index (χ1) is 15.7. The molecule has 2 aromatic heterocycles. The molecule has 0 radical (unpaired) electrons. The van der Waals surface area contributed by atoms with Crippen molar-refractivity contribution in [3.05, 3.63) is 57.1 Å². The minimum Gasteiger partial charge on any atom is -0.454 e. The highest BCUT2D eigenvalue weighted by Crippen LogP contribution is 2.35. The van der Waals surface area contributed by atoms with E-state index in [2.05, 4.69) is 15.1 Å². The molecule has 11 heteroatoms. The van der Waals surface area contributed by atoms with E-state index in [4.69, 9.17) is 23.5 Å². The van der Waals surface area contributed by atoms with Crippen molar-refractivity contribution in [2.24, 2.45) is 0 Å². The molecule has 4 heterocycles. The molecule has 0 atom stereocenters. The number of fused-ring (bicyclic) bond motifs is 3. The summed E-state index contributed by atoms with van der Waals surface area (Å²) in [4.78, 5) is 32.4. The predicted molar refractivity (Wildman–Crippen MR) is 109 cm³/mol. The number of benzene rings is 2. The average Bonchev–Trinajstić information content (AvgIpc) is 3.54. The maximum Gasteiger partial charge on any atom is 0.328 e. The standard InChI is InChI=1S/C21H16N4O7/c26-20-12-7-16-17(31-10-30-16)8-13(12)22-21(27)25(20)5-1-2-18-23-19(24-32-18)11-3-4-14-15(6-11)29-9-28-14/h3-4,6-8H,1-2,5,9-10H2,(H,22,27). The van der Waals surface area contributed by atoms with Crippen molar-refractivity contribution < 1.29 is 23.5 Å². The molecule has 0 fully saturated rings. The highest BCUT2D eigenvalue weighted by Gasteiger charge is 2.19. The molecule has 6 rings (SSSR count). The summed E-state index contributed by atoms with van der Waals surface area (Å²) in [6, 6.07) is 8.58. The maximum atomic E-state index is 12.8. The van der Waals surface area contributed by atoms with Crippen molar-refractivity contribution in [3.8, 4) is 34.4 Å². The third-order valence-corrected chi connectivity index (χ3v) is 5.35. The van der Waals surface area contributed by atoms with E-state index in [0.29, 0.717) is 58.5 Å². The predicted octanol–water partition coefficient (Wildman–Crippen LogP) is 1.83. The summed E-state index contributed by atoms with van der Waals surface area (Å²) < 4.78 is 27.8. The van der Waals surface area contributed by atoms with E-state index in [0.717, 1.165) is 10.1 Å². The van der Waals surface area contributed by atoms with Crippen LogP contribution in [0.4, 0.5) is 0 Å². The first-order valence-corrected chi connectivity index (χ1v) is 9.95. The minimum absolute atomic E-state index is 0.0858. The first-order valence-electron chi connectivity index (χ1n) is 9.95. The Hall–Kier alpha value is -4.28. The Balaban J connectivity index is 1.19. The van der Waals surface area contributed by atoms with Gasteiger partial charge in [0.2, 0.25) is 25.3 Å². The number of rotatable bonds is 5. The Labute approximate surface area is 179 Å². The second-order valence-electron chi connectivity index (χ2n) is 7.32. The third-order valence-electron chi connectivity index (χ3n) is 5.35. The molecule has 162 valence electrons. The summed E-state index contributed by atoms with van der Waals surface area (Å²) in [7, 11) is 0. The first kappa shape index (κ1) is 18.5. The van der Waals surface area contributed by atoms with E-state index >= 15 is 0 Å².